The molecule has 0 aliphatic carbocycles. The number of anilines is 1. The Labute approximate surface area is 141 Å². The minimum atomic E-state index is -0.395. The number of carbonyl (C=O) groups excluding carboxylic acids is 1. The number of nitrogens with one attached hydrogen (secondary N) is 2. The van der Waals surface area contributed by atoms with Crippen LogP contribution in [0, 0.1) is 11.7 Å². The molecule has 2 heterocycles. The van der Waals surface area contributed by atoms with Crippen LogP contribution in [0.5, 0.6) is 5.75 Å². The Balaban J connectivity index is 1.64. The fourth-order valence-electron chi connectivity index (χ4n) is 3.29. The fraction of sp³-hybridized carbons (Fsp3) is 0.611. The molecule has 132 valence electrons. The van der Waals surface area contributed by atoms with Gasteiger partial charge in [-0.15, -0.1) is 0 Å². The molecule has 1 amide bonds. The van der Waals surface area contributed by atoms with Crippen molar-refractivity contribution in [1.29, 1.82) is 0 Å². The van der Waals surface area contributed by atoms with Crippen LogP contribution in [0.3, 0.4) is 0 Å². The molecule has 0 saturated carbocycles. The molecule has 1 aromatic rings. The zero-order valence-corrected chi connectivity index (χ0v) is 14.0. The third kappa shape index (κ3) is 4.45. The Bertz CT molecular complexity index is 575. The number of piperidine rings is 1. The van der Waals surface area contributed by atoms with Gasteiger partial charge in [0, 0.05) is 24.6 Å². The van der Waals surface area contributed by atoms with Crippen molar-refractivity contribution in [1.82, 2.24) is 5.32 Å². The Morgan fingerprint density at radius 3 is 3.08 bits per heavy atom. The van der Waals surface area contributed by atoms with Gasteiger partial charge in [-0.1, -0.05) is 0 Å². The van der Waals surface area contributed by atoms with Gasteiger partial charge in [-0.05, 0) is 51.3 Å². The Morgan fingerprint density at radius 2 is 2.33 bits per heavy atom. The SMILES string of the molecule is C[C@H]1C[C@@H](C(=O)Nc2cc(F)ccc2OCC2CCCO2)CCN1. The number of benzene rings is 1. The van der Waals surface area contributed by atoms with E-state index in [1.807, 2.05) is 0 Å². The minimum Gasteiger partial charge on any atom is -0.489 e. The fourth-order valence-corrected chi connectivity index (χ4v) is 3.29. The predicted molar refractivity (Wildman–Crippen MR) is 89.7 cm³/mol. The summed E-state index contributed by atoms with van der Waals surface area (Å²) in [5.74, 6) is -0.0397. The lowest BCUT2D eigenvalue weighted by molar-refractivity contribution is -0.120. The molecule has 2 fully saturated rings. The second kappa shape index (κ2) is 7.94. The van der Waals surface area contributed by atoms with Gasteiger partial charge in [0.2, 0.25) is 5.91 Å². The summed E-state index contributed by atoms with van der Waals surface area (Å²) in [5, 5.41) is 6.17. The topological polar surface area (TPSA) is 59.6 Å². The van der Waals surface area contributed by atoms with Gasteiger partial charge in [-0.25, -0.2) is 4.39 Å². The van der Waals surface area contributed by atoms with Crippen LogP contribution in [-0.4, -0.2) is 37.8 Å². The summed E-state index contributed by atoms with van der Waals surface area (Å²) in [6, 6.07) is 4.53. The van der Waals surface area contributed by atoms with Crippen LogP contribution in [0.1, 0.15) is 32.6 Å². The lowest BCUT2D eigenvalue weighted by atomic mass is 9.92. The van der Waals surface area contributed by atoms with E-state index in [-0.39, 0.29) is 17.9 Å². The van der Waals surface area contributed by atoms with E-state index in [0.717, 1.165) is 38.8 Å². The van der Waals surface area contributed by atoms with Gasteiger partial charge in [0.05, 0.1) is 11.8 Å². The van der Waals surface area contributed by atoms with Gasteiger partial charge < -0.3 is 20.1 Å². The highest BCUT2D eigenvalue weighted by Crippen LogP contribution is 2.28. The molecule has 2 saturated heterocycles. The van der Waals surface area contributed by atoms with Crippen molar-refractivity contribution in [2.45, 2.75) is 44.8 Å². The van der Waals surface area contributed by atoms with Crippen molar-refractivity contribution >= 4 is 11.6 Å². The molecule has 1 unspecified atom stereocenters. The summed E-state index contributed by atoms with van der Waals surface area (Å²) >= 11 is 0. The maximum absolute atomic E-state index is 13.6. The lowest BCUT2D eigenvalue weighted by Crippen LogP contribution is -2.40. The minimum absolute atomic E-state index is 0.0597. The van der Waals surface area contributed by atoms with E-state index >= 15 is 0 Å². The maximum atomic E-state index is 13.6. The van der Waals surface area contributed by atoms with Crippen LogP contribution in [0.2, 0.25) is 0 Å². The summed E-state index contributed by atoms with van der Waals surface area (Å²) in [6.45, 7) is 4.07. The number of hydrogen-bond donors (Lipinski definition) is 2. The molecule has 24 heavy (non-hydrogen) atoms. The van der Waals surface area contributed by atoms with E-state index < -0.39 is 5.82 Å². The van der Waals surface area contributed by atoms with Crippen molar-refractivity contribution in [2.75, 3.05) is 25.1 Å². The first-order valence-electron chi connectivity index (χ1n) is 8.70. The Hall–Kier alpha value is -1.66. The smallest absolute Gasteiger partial charge is 0.227 e. The normalized spacial score (nSPS) is 27.0. The van der Waals surface area contributed by atoms with Gasteiger partial charge in [-0.3, -0.25) is 4.79 Å². The molecular formula is C18H25FN2O3. The van der Waals surface area contributed by atoms with Crippen LogP contribution in [0.4, 0.5) is 10.1 Å². The molecule has 1 aromatic carbocycles. The zero-order valence-electron chi connectivity index (χ0n) is 14.0. The monoisotopic (exact) mass is 336 g/mol. The van der Waals surface area contributed by atoms with E-state index in [9.17, 15) is 9.18 Å². The van der Waals surface area contributed by atoms with Gasteiger partial charge in [0.15, 0.2) is 0 Å². The molecule has 2 N–H and O–H groups in total. The number of amides is 1. The molecule has 0 aromatic heterocycles. The number of hydrogen-bond acceptors (Lipinski definition) is 4. The van der Waals surface area contributed by atoms with E-state index in [1.54, 1.807) is 6.07 Å². The largest absolute Gasteiger partial charge is 0.489 e. The predicted octanol–water partition coefficient (Wildman–Crippen LogP) is 2.71. The summed E-state index contributed by atoms with van der Waals surface area (Å²) in [6.07, 6.45) is 3.65. The van der Waals surface area contributed by atoms with Crippen molar-refractivity contribution < 1.29 is 18.7 Å². The lowest BCUT2D eigenvalue weighted by Gasteiger charge is -2.27. The molecule has 6 heteroatoms. The summed E-state index contributed by atoms with van der Waals surface area (Å²) < 4.78 is 24.9. The second-order valence-electron chi connectivity index (χ2n) is 6.65. The molecule has 0 spiro atoms. The van der Waals surface area contributed by atoms with E-state index in [0.29, 0.717) is 24.1 Å². The first-order valence-corrected chi connectivity index (χ1v) is 8.70. The van der Waals surface area contributed by atoms with Crippen LogP contribution in [0.25, 0.3) is 0 Å². The van der Waals surface area contributed by atoms with Gasteiger partial charge >= 0.3 is 0 Å². The molecule has 3 rings (SSSR count). The van der Waals surface area contributed by atoms with Gasteiger partial charge in [0.25, 0.3) is 0 Å². The quantitative estimate of drug-likeness (QED) is 0.868. The van der Waals surface area contributed by atoms with E-state index in [1.165, 1.54) is 12.1 Å². The second-order valence-corrected chi connectivity index (χ2v) is 6.65. The van der Waals surface area contributed by atoms with Crippen LogP contribution < -0.4 is 15.4 Å². The molecule has 0 bridgehead atoms. The van der Waals surface area contributed by atoms with Crippen molar-refractivity contribution in [2.24, 2.45) is 5.92 Å². The van der Waals surface area contributed by atoms with Crippen LogP contribution in [0.15, 0.2) is 18.2 Å². The van der Waals surface area contributed by atoms with Crippen LogP contribution >= 0.6 is 0 Å². The van der Waals surface area contributed by atoms with Crippen molar-refractivity contribution in [3.63, 3.8) is 0 Å². The highest BCUT2D eigenvalue weighted by atomic mass is 19.1. The molecule has 3 atom stereocenters. The molecule has 5 nitrogen and oxygen atoms in total. The van der Waals surface area contributed by atoms with Gasteiger partial charge in [0.1, 0.15) is 18.2 Å². The van der Waals surface area contributed by atoms with Crippen molar-refractivity contribution in [3.8, 4) is 5.75 Å². The molecule has 2 aliphatic heterocycles. The zero-order chi connectivity index (χ0) is 16.9. The average molecular weight is 336 g/mol. The first-order chi connectivity index (χ1) is 11.6. The number of ether oxygens (including phenoxy) is 2. The Kier molecular flexibility index (Phi) is 5.68. The number of rotatable bonds is 5. The standard InChI is InChI=1S/C18H25FN2O3/c1-12-9-13(6-7-20-12)18(22)21-16-10-14(19)4-5-17(16)24-11-15-3-2-8-23-15/h4-5,10,12-13,15,20H,2-3,6-9,11H2,1H3,(H,21,22)/t12-,13-,15?/m0/s1. The summed E-state index contributed by atoms with van der Waals surface area (Å²) in [4.78, 5) is 12.5. The molecule has 0 radical (unpaired) electrons. The maximum Gasteiger partial charge on any atom is 0.227 e. The number of halogens is 1. The highest BCUT2D eigenvalue weighted by molar-refractivity contribution is 5.94. The third-order valence-corrected chi connectivity index (χ3v) is 4.64. The molecular weight excluding hydrogens is 311 g/mol. The van der Waals surface area contributed by atoms with E-state index in [4.69, 9.17) is 9.47 Å². The van der Waals surface area contributed by atoms with E-state index in [2.05, 4.69) is 17.6 Å². The summed E-state index contributed by atoms with van der Waals surface area (Å²) in [7, 11) is 0. The van der Waals surface area contributed by atoms with Crippen molar-refractivity contribution in [3.05, 3.63) is 24.0 Å². The third-order valence-electron chi connectivity index (χ3n) is 4.64. The van der Waals surface area contributed by atoms with Gasteiger partial charge in [-0.2, -0.15) is 0 Å². The first kappa shape index (κ1) is 17.2. The average Bonchev–Trinajstić information content (AvgIpc) is 3.07. The molecule has 2 aliphatic rings. The van der Waals surface area contributed by atoms with Crippen LogP contribution in [-0.2, 0) is 9.53 Å². The highest BCUT2D eigenvalue weighted by Gasteiger charge is 2.25. The number of carbonyl (C=O) groups is 1. The Morgan fingerprint density at radius 1 is 1.46 bits per heavy atom. The summed E-state index contributed by atoms with van der Waals surface area (Å²) in [5.41, 5.74) is 0.393.